The third kappa shape index (κ3) is 3.53. The van der Waals surface area contributed by atoms with Gasteiger partial charge in [-0.3, -0.25) is 9.80 Å². The van der Waals surface area contributed by atoms with E-state index in [0.717, 1.165) is 19.5 Å². The molecule has 20 heavy (non-hydrogen) atoms. The Labute approximate surface area is 123 Å². The monoisotopic (exact) mass is 276 g/mol. The van der Waals surface area contributed by atoms with Gasteiger partial charge in [-0.1, -0.05) is 26.0 Å². The van der Waals surface area contributed by atoms with E-state index < -0.39 is 0 Å². The molecule has 1 heterocycles. The first kappa shape index (κ1) is 15.3. The van der Waals surface area contributed by atoms with E-state index in [0.29, 0.717) is 17.8 Å². The van der Waals surface area contributed by atoms with Crippen molar-refractivity contribution in [2.75, 3.05) is 26.7 Å². The van der Waals surface area contributed by atoms with Gasteiger partial charge in [0.05, 0.1) is 0 Å². The lowest BCUT2D eigenvalue weighted by Gasteiger charge is -2.33. The van der Waals surface area contributed by atoms with Crippen LogP contribution in [0.1, 0.15) is 44.7 Å². The van der Waals surface area contributed by atoms with Crippen LogP contribution in [0.2, 0.25) is 0 Å². The summed E-state index contributed by atoms with van der Waals surface area (Å²) < 4.78 is 0. The van der Waals surface area contributed by atoms with Crippen LogP contribution in [0.25, 0.3) is 0 Å². The summed E-state index contributed by atoms with van der Waals surface area (Å²) in [5.74, 6) is 0.346. The minimum absolute atomic E-state index is 0.346. The van der Waals surface area contributed by atoms with Crippen molar-refractivity contribution in [1.29, 1.82) is 0 Å². The Morgan fingerprint density at radius 1 is 1.30 bits per heavy atom. The minimum Gasteiger partial charge on any atom is -0.508 e. The van der Waals surface area contributed by atoms with Gasteiger partial charge in [0, 0.05) is 18.6 Å². The molecule has 2 rings (SSSR count). The molecule has 3 nitrogen and oxygen atoms in total. The average molecular weight is 276 g/mol. The normalized spacial score (nSPS) is 21.5. The topological polar surface area (TPSA) is 26.7 Å². The van der Waals surface area contributed by atoms with E-state index in [4.69, 9.17) is 0 Å². The molecular weight excluding hydrogens is 248 g/mol. The number of hydrogen-bond acceptors (Lipinski definition) is 3. The van der Waals surface area contributed by atoms with Crippen molar-refractivity contribution in [1.82, 2.24) is 9.80 Å². The highest BCUT2D eigenvalue weighted by atomic mass is 16.3. The summed E-state index contributed by atoms with van der Waals surface area (Å²) in [6.07, 6.45) is 3.76. The standard InChI is InChI=1S/C17H28N2O/c1-4-17(14-8-10-16(20)11-9-14)18(3)13-15-7-6-12-19(15)5-2/h8-11,15,17,20H,4-7,12-13H2,1-3H3. The van der Waals surface area contributed by atoms with Gasteiger partial charge >= 0.3 is 0 Å². The van der Waals surface area contributed by atoms with Crippen LogP contribution in [0, 0.1) is 0 Å². The fraction of sp³-hybridized carbons (Fsp3) is 0.647. The maximum atomic E-state index is 9.43. The summed E-state index contributed by atoms with van der Waals surface area (Å²) in [5.41, 5.74) is 1.30. The highest BCUT2D eigenvalue weighted by molar-refractivity contribution is 5.28. The quantitative estimate of drug-likeness (QED) is 0.864. The number of rotatable bonds is 6. The molecule has 0 bridgehead atoms. The average Bonchev–Trinajstić information content (AvgIpc) is 2.89. The number of likely N-dealkylation sites (N-methyl/N-ethyl adjacent to an activating group) is 2. The van der Waals surface area contributed by atoms with E-state index in [-0.39, 0.29) is 0 Å². The van der Waals surface area contributed by atoms with Crippen LogP contribution in [0.5, 0.6) is 5.75 Å². The first-order valence-corrected chi connectivity index (χ1v) is 7.88. The van der Waals surface area contributed by atoms with Crippen LogP contribution in [-0.2, 0) is 0 Å². The molecule has 1 aliphatic heterocycles. The first-order chi connectivity index (χ1) is 9.65. The van der Waals surface area contributed by atoms with E-state index in [1.165, 1.54) is 24.9 Å². The van der Waals surface area contributed by atoms with E-state index in [2.05, 4.69) is 30.7 Å². The largest absolute Gasteiger partial charge is 0.508 e. The zero-order valence-corrected chi connectivity index (χ0v) is 13.0. The number of phenols is 1. The van der Waals surface area contributed by atoms with Crippen molar-refractivity contribution in [3.63, 3.8) is 0 Å². The predicted molar refractivity (Wildman–Crippen MR) is 84.0 cm³/mol. The Balaban J connectivity index is 2.01. The van der Waals surface area contributed by atoms with Crippen LogP contribution in [0.4, 0.5) is 0 Å². The fourth-order valence-corrected chi connectivity index (χ4v) is 3.48. The van der Waals surface area contributed by atoms with E-state index in [9.17, 15) is 5.11 Å². The summed E-state index contributed by atoms with van der Waals surface area (Å²) in [6.45, 7) is 8.04. The number of hydrogen-bond donors (Lipinski definition) is 1. The lowest BCUT2D eigenvalue weighted by atomic mass is 10.0. The Bertz CT molecular complexity index is 404. The second kappa shape index (κ2) is 7.09. The lowest BCUT2D eigenvalue weighted by molar-refractivity contribution is 0.160. The molecule has 0 amide bonds. The van der Waals surface area contributed by atoms with Gasteiger partial charge in [0.25, 0.3) is 0 Å². The van der Waals surface area contributed by atoms with E-state index in [1.54, 1.807) is 12.1 Å². The minimum atomic E-state index is 0.346. The van der Waals surface area contributed by atoms with Gasteiger partial charge in [0.15, 0.2) is 0 Å². The lowest BCUT2D eigenvalue weighted by Crippen LogP contribution is -2.40. The molecule has 2 unspecified atom stereocenters. The number of likely N-dealkylation sites (tertiary alicyclic amines) is 1. The van der Waals surface area contributed by atoms with Crippen LogP contribution in [0.15, 0.2) is 24.3 Å². The Kier molecular flexibility index (Phi) is 5.44. The van der Waals surface area contributed by atoms with Crippen molar-refractivity contribution < 1.29 is 5.11 Å². The Morgan fingerprint density at radius 3 is 2.60 bits per heavy atom. The molecule has 2 atom stereocenters. The molecule has 1 aromatic rings. The van der Waals surface area contributed by atoms with Crippen LogP contribution in [-0.4, -0.2) is 47.6 Å². The van der Waals surface area contributed by atoms with Gasteiger partial charge < -0.3 is 5.11 Å². The van der Waals surface area contributed by atoms with Crippen LogP contribution < -0.4 is 0 Å². The molecule has 1 N–H and O–H groups in total. The number of nitrogens with zero attached hydrogens (tertiary/aromatic N) is 2. The van der Waals surface area contributed by atoms with Gasteiger partial charge in [-0.15, -0.1) is 0 Å². The fourth-order valence-electron chi connectivity index (χ4n) is 3.48. The molecule has 0 radical (unpaired) electrons. The summed E-state index contributed by atoms with van der Waals surface area (Å²) in [4.78, 5) is 5.07. The number of phenolic OH excluding ortho intramolecular Hbond substituents is 1. The molecule has 0 aromatic heterocycles. The Morgan fingerprint density at radius 2 is 2.00 bits per heavy atom. The van der Waals surface area contributed by atoms with Crippen molar-refractivity contribution in [2.24, 2.45) is 0 Å². The summed E-state index contributed by atoms with van der Waals surface area (Å²) in [7, 11) is 2.23. The van der Waals surface area contributed by atoms with Crippen molar-refractivity contribution in [3.8, 4) is 5.75 Å². The highest BCUT2D eigenvalue weighted by Crippen LogP contribution is 2.27. The molecule has 1 fully saturated rings. The summed E-state index contributed by atoms with van der Waals surface area (Å²) in [6, 6.07) is 8.82. The maximum absolute atomic E-state index is 9.43. The van der Waals surface area contributed by atoms with Crippen molar-refractivity contribution in [3.05, 3.63) is 29.8 Å². The first-order valence-electron chi connectivity index (χ1n) is 7.88. The maximum Gasteiger partial charge on any atom is 0.115 e. The van der Waals surface area contributed by atoms with Gasteiger partial charge in [-0.05, 0) is 57.1 Å². The van der Waals surface area contributed by atoms with Crippen LogP contribution in [0.3, 0.4) is 0 Å². The van der Waals surface area contributed by atoms with Crippen LogP contribution >= 0.6 is 0 Å². The molecule has 0 spiro atoms. The second-order valence-electron chi connectivity index (χ2n) is 5.88. The molecular formula is C17H28N2O. The molecule has 1 aromatic carbocycles. The molecule has 0 saturated carbocycles. The SMILES string of the molecule is CCC(c1ccc(O)cc1)N(C)CC1CCCN1CC. The summed E-state index contributed by atoms with van der Waals surface area (Å²) >= 11 is 0. The van der Waals surface area contributed by atoms with E-state index in [1.807, 2.05) is 12.1 Å². The van der Waals surface area contributed by atoms with Gasteiger partial charge in [0.2, 0.25) is 0 Å². The van der Waals surface area contributed by atoms with Gasteiger partial charge in [-0.25, -0.2) is 0 Å². The van der Waals surface area contributed by atoms with Gasteiger partial charge in [0.1, 0.15) is 5.75 Å². The molecule has 1 saturated heterocycles. The summed E-state index contributed by atoms with van der Waals surface area (Å²) in [5, 5.41) is 9.43. The third-order valence-electron chi connectivity index (χ3n) is 4.60. The zero-order chi connectivity index (χ0) is 14.5. The smallest absolute Gasteiger partial charge is 0.115 e. The third-order valence-corrected chi connectivity index (χ3v) is 4.60. The molecule has 1 aliphatic rings. The molecule has 3 heteroatoms. The number of aromatic hydroxyl groups is 1. The van der Waals surface area contributed by atoms with Gasteiger partial charge in [-0.2, -0.15) is 0 Å². The zero-order valence-electron chi connectivity index (χ0n) is 13.0. The van der Waals surface area contributed by atoms with Crippen molar-refractivity contribution >= 4 is 0 Å². The van der Waals surface area contributed by atoms with E-state index >= 15 is 0 Å². The van der Waals surface area contributed by atoms with Crippen molar-refractivity contribution in [2.45, 2.75) is 45.2 Å². The predicted octanol–water partition coefficient (Wildman–Crippen LogP) is 3.26. The highest BCUT2D eigenvalue weighted by Gasteiger charge is 2.26. The molecule has 112 valence electrons. The second-order valence-corrected chi connectivity index (χ2v) is 5.88. The number of benzene rings is 1. The molecule has 0 aliphatic carbocycles. The Hall–Kier alpha value is -1.06.